The molecule has 6 heteroatoms. The van der Waals surface area contributed by atoms with Gasteiger partial charge in [-0.15, -0.1) is 0 Å². The molecule has 2 aromatic carbocycles. The van der Waals surface area contributed by atoms with Gasteiger partial charge in [0, 0.05) is 38.6 Å². The lowest BCUT2D eigenvalue weighted by Gasteiger charge is -2.10. The Morgan fingerprint density at radius 1 is 0.960 bits per heavy atom. The minimum absolute atomic E-state index is 0.671. The number of nitrogens with one attached hydrogen (secondary N) is 1. The molecule has 0 unspecified atom stereocenters. The first-order chi connectivity index (χ1) is 12.1. The average Bonchev–Trinajstić information content (AvgIpc) is 2.99. The first-order valence-corrected chi connectivity index (χ1v) is 8.50. The molecule has 0 aliphatic rings. The molecule has 0 atom stereocenters. The van der Waals surface area contributed by atoms with E-state index < -0.39 is 0 Å². The Bertz CT molecular complexity index is 1070. The molecule has 0 saturated heterocycles. The smallest absolute Gasteiger partial charge is 0.165 e. The average molecular weight is 369 g/mol. The molecule has 124 valence electrons. The molecule has 1 N–H and O–H groups in total. The maximum atomic E-state index is 6.35. The Morgan fingerprint density at radius 3 is 2.60 bits per heavy atom. The van der Waals surface area contributed by atoms with E-state index in [2.05, 4.69) is 15.4 Å². The van der Waals surface area contributed by atoms with Gasteiger partial charge in [0.15, 0.2) is 5.65 Å². The standard InChI is InChI=1S/C19H14Cl2N4/c1-12-9-18(24-14-6-4-5-13(20)10-14)25-19(23-12)16(11-22-25)15-7-2-3-8-17(15)21/h2-11,24H,1H3. The topological polar surface area (TPSA) is 42.2 Å². The second kappa shape index (κ2) is 6.39. The Morgan fingerprint density at radius 2 is 1.80 bits per heavy atom. The number of nitrogens with zero attached hydrogens (tertiary/aromatic N) is 3. The van der Waals surface area contributed by atoms with Crippen molar-refractivity contribution in [1.82, 2.24) is 14.6 Å². The molecule has 0 fully saturated rings. The first kappa shape index (κ1) is 15.9. The number of rotatable bonds is 3. The lowest BCUT2D eigenvalue weighted by Crippen LogP contribution is -2.02. The van der Waals surface area contributed by atoms with Gasteiger partial charge in [-0.3, -0.25) is 0 Å². The molecule has 0 aliphatic carbocycles. The predicted octanol–water partition coefficient (Wildman–Crippen LogP) is 5.76. The van der Waals surface area contributed by atoms with E-state index in [4.69, 9.17) is 23.2 Å². The molecule has 0 spiro atoms. The van der Waals surface area contributed by atoms with Crippen LogP contribution < -0.4 is 5.32 Å². The molecule has 0 radical (unpaired) electrons. The summed E-state index contributed by atoms with van der Waals surface area (Å²) in [6, 6.07) is 17.2. The van der Waals surface area contributed by atoms with Gasteiger partial charge in [-0.2, -0.15) is 9.61 Å². The first-order valence-electron chi connectivity index (χ1n) is 7.75. The highest BCUT2D eigenvalue weighted by atomic mass is 35.5. The highest BCUT2D eigenvalue weighted by molar-refractivity contribution is 6.33. The van der Waals surface area contributed by atoms with Gasteiger partial charge >= 0.3 is 0 Å². The van der Waals surface area contributed by atoms with Crippen molar-refractivity contribution in [2.45, 2.75) is 6.92 Å². The van der Waals surface area contributed by atoms with E-state index in [1.165, 1.54) is 0 Å². The summed E-state index contributed by atoms with van der Waals surface area (Å²) in [6.45, 7) is 1.95. The van der Waals surface area contributed by atoms with Crippen molar-refractivity contribution >= 4 is 40.4 Å². The molecule has 0 bridgehead atoms. The fraction of sp³-hybridized carbons (Fsp3) is 0.0526. The lowest BCUT2D eigenvalue weighted by atomic mass is 10.1. The fourth-order valence-corrected chi connectivity index (χ4v) is 3.18. The minimum Gasteiger partial charge on any atom is -0.340 e. The zero-order valence-electron chi connectivity index (χ0n) is 13.4. The Hall–Kier alpha value is -2.56. The number of anilines is 2. The van der Waals surface area contributed by atoms with Crippen LogP contribution in [0.25, 0.3) is 16.8 Å². The summed E-state index contributed by atoms with van der Waals surface area (Å²) in [4.78, 5) is 4.65. The van der Waals surface area contributed by atoms with Crippen molar-refractivity contribution in [1.29, 1.82) is 0 Å². The number of benzene rings is 2. The van der Waals surface area contributed by atoms with Crippen LogP contribution in [-0.2, 0) is 0 Å². The molecular weight excluding hydrogens is 355 g/mol. The van der Waals surface area contributed by atoms with E-state index in [9.17, 15) is 0 Å². The third-order valence-electron chi connectivity index (χ3n) is 3.86. The number of halogens is 2. The van der Waals surface area contributed by atoms with Gasteiger partial charge in [0.05, 0.1) is 6.20 Å². The largest absolute Gasteiger partial charge is 0.340 e. The molecular formula is C19H14Cl2N4. The van der Waals surface area contributed by atoms with Gasteiger partial charge < -0.3 is 5.32 Å². The normalized spacial score (nSPS) is 11.0. The van der Waals surface area contributed by atoms with Gasteiger partial charge in [0.25, 0.3) is 0 Å². The quantitative estimate of drug-likeness (QED) is 0.500. The summed E-state index contributed by atoms with van der Waals surface area (Å²) in [5, 5.41) is 9.19. The number of hydrogen-bond acceptors (Lipinski definition) is 3. The Balaban J connectivity index is 1.86. The summed E-state index contributed by atoms with van der Waals surface area (Å²) >= 11 is 12.4. The van der Waals surface area contributed by atoms with E-state index in [-0.39, 0.29) is 0 Å². The van der Waals surface area contributed by atoms with Gasteiger partial charge in [-0.05, 0) is 31.2 Å². The summed E-state index contributed by atoms with van der Waals surface area (Å²) in [5.41, 5.74) is 4.31. The zero-order chi connectivity index (χ0) is 17.4. The van der Waals surface area contributed by atoms with Gasteiger partial charge in [-0.25, -0.2) is 4.98 Å². The summed E-state index contributed by atoms with van der Waals surface area (Å²) < 4.78 is 1.77. The van der Waals surface area contributed by atoms with Crippen molar-refractivity contribution in [3.8, 4) is 11.1 Å². The van der Waals surface area contributed by atoms with E-state index in [1.54, 1.807) is 10.7 Å². The molecule has 4 rings (SSSR count). The van der Waals surface area contributed by atoms with Gasteiger partial charge in [-0.1, -0.05) is 47.5 Å². The molecule has 2 aromatic heterocycles. The highest BCUT2D eigenvalue weighted by Gasteiger charge is 2.14. The van der Waals surface area contributed by atoms with Crippen LogP contribution in [0.2, 0.25) is 10.0 Å². The molecule has 0 aliphatic heterocycles. The van der Waals surface area contributed by atoms with Crippen LogP contribution in [0, 0.1) is 6.92 Å². The Kier molecular flexibility index (Phi) is 4.07. The van der Waals surface area contributed by atoms with Crippen molar-refractivity contribution in [2.24, 2.45) is 0 Å². The molecule has 4 aromatic rings. The van der Waals surface area contributed by atoms with Crippen LogP contribution in [0.15, 0.2) is 60.8 Å². The predicted molar refractivity (Wildman–Crippen MR) is 103 cm³/mol. The highest BCUT2D eigenvalue weighted by Crippen LogP contribution is 2.31. The zero-order valence-corrected chi connectivity index (χ0v) is 14.9. The second-order valence-corrected chi connectivity index (χ2v) is 6.54. The number of aromatic nitrogens is 3. The van der Waals surface area contributed by atoms with Crippen LogP contribution in [0.3, 0.4) is 0 Å². The lowest BCUT2D eigenvalue weighted by molar-refractivity contribution is 0.938. The SMILES string of the molecule is Cc1cc(Nc2cccc(Cl)c2)n2ncc(-c3ccccc3Cl)c2n1. The van der Waals surface area contributed by atoms with Gasteiger partial charge in [0.1, 0.15) is 5.82 Å². The third kappa shape index (κ3) is 3.06. The summed E-state index contributed by atoms with van der Waals surface area (Å²) in [7, 11) is 0. The fourth-order valence-electron chi connectivity index (χ4n) is 2.76. The van der Waals surface area contributed by atoms with Gasteiger partial charge in [0.2, 0.25) is 0 Å². The van der Waals surface area contributed by atoms with Crippen LogP contribution in [0.4, 0.5) is 11.5 Å². The molecule has 4 nitrogen and oxygen atoms in total. The Labute approximate surface area is 155 Å². The number of aryl methyl sites for hydroxylation is 1. The van der Waals surface area contributed by atoms with Crippen LogP contribution in [-0.4, -0.2) is 14.6 Å². The number of fused-ring (bicyclic) bond motifs is 1. The van der Waals surface area contributed by atoms with Crippen LogP contribution >= 0.6 is 23.2 Å². The van der Waals surface area contributed by atoms with Crippen molar-refractivity contribution < 1.29 is 0 Å². The minimum atomic E-state index is 0.671. The molecule has 0 amide bonds. The van der Waals surface area contributed by atoms with E-state index in [1.807, 2.05) is 61.5 Å². The van der Waals surface area contributed by atoms with E-state index in [0.29, 0.717) is 10.0 Å². The maximum absolute atomic E-state index is 6.35. The monoisotopic (exact) mass is 368 g/mol. The summed E-state index contributed by atoms with van der Waals surface area (Å²) in [6.07, 6.45) is 1.78. The summed E-state index contributed by atoms with van der Waals surface area (Å²) in [5.74, 6) is 0.808. The van der Waals surface area contributed by atoms with E-state index in [0.717, 1.165) is 34.0 Å². The van der Waals surface area contributed by atoms with Crippen LogP contribution in [0.5, 0.6) is 0 Å². The van der Waals surface area contributed by atoms with Crippen molar-refractivity contribution in [3.05, 3.63) is 76.5 Å². The van der Waals surface area contributed by atoms with Crippen LogP contribution in [0.1, 0.15) is 5.69 Å². The van der Waals surface area contributed by atoms with Crippen molar-refractivity contribution in [2.75, 3.05) is 5.32 Å². The van der Waals surface area contributed by atoms with Crippen molar-refractivity contribution in [3.63, 3.8) is 0 Å². The molecule has 0 saturated carbocycles. The number of hydrogen-bond donors (Lipinski definition) is 1. The third-order valence-corrected chi connectivity index (χ3v) is 4.43. The molecule has 2 heterocycles. The van der Waals surface area contributed by atoms with E-state index >= 15 is 0 Å². The maximum Gasteiger partial charge on any atom is 0.165 e. The second-order valence-electron chi connectivity index (χ2n) is 5.69. The molecule has 25 heavy (non-hydrogen) atoms.